The van der Waals surface area contributed by atoms with Crippen LogP contribution in [-0.2, 0) is 6.54 Å². The maximum atomic E-state index is 11.9. The molecule has 2 aromatic rings. The Balaban J connectivity index is 2.04. The van der Waals surface area contributed by atoms with Gasteiger partial charge in [0.2, 0.25) is 0 Å². The van der Waals surface area contributed by atoms with Crippen molar-refractivity contribution in [1.29, 1.82) is 0 Å². The van der Waals surface area contributed by atoms with Crippen molar-refractivity contribution in [2.45, 2.75) is 6.54 Å². The number of carbonyl (C=O) groups excluding carboxylic acids is 1. The molecule has 0 aromatic carbocycles. The minimum absolute atomic E-state index is 0.223. The van der Waals surface area contributed by atoms with Crippen LogP contribution in [0.2, 0.25) is 0 Å². The van der Waals surface area contributed by atoms with Gasteiger partial charge in [-0.05, 0) is 6.07 Å². The van der Waals surface area contributed by atoms with E-state index in [-0.39, 0.29) is 5.91 Å². The van der Waals surface area contributed by atoms with Crippen LogP contribution in [0.1, 0.15) is 15.2 Å². The lowest BCUT2D eigenvalue weighted by molar-refractivity contribution is 0.0951. The Morgan fingerprint density at radius 3 is 3.00 bits per heavy atom. The fraction of sp³-hybridized carbons (Fsp3) is 0.100. The van der Waals surface area contributed by atoms with Crippen molar-refractivity contribution < 1.29 is 4.79 Å². The lowest BCUT2D eigenvalue weighted by Crippen LogP contribution is -2.24. The Bertz CT molecular complexity index is 499. The van der Waals surface area contributed by atoms with Gasteiger partial charge in [0.25, 0.3) is 5.91 Å². The van der Waals surface area contributed by atoms with E-state index in [4.69, 9.17) is 5.84 Å². The summed E-state index contributed by atoms with van der Waals surface area (Å²) in [5.41, 5.74) is 5.14. The standard InChI is InChI=1S/C10H11N5OS/c11-15-9-1-2-12-5-8(9)10(16)14-4-7-3-13-6-17-7/h1-3,5-6H,4,11H2,(H,12,15)(H,14,16). The van der Waals surface area contributed by atoms with Crippen LogP contribution in [0.3, 0.4) is 0 Å². The van der Waals surface area contributed by atoms with Gasteiger partial charge in [-0.3, -0.25) is 20.6 Å². The Morgan fingerprint density at radius 2 is 2.29 bits per heavy atom. The Kier molecular flexibility index (Phi) is 3.63. The first-order valence-electron chi connectivity index (χ1n) is 4.87. The van der Waals surface area contributed by atoms with Gasteiger partial charge < -0.3 is 10.7 Å². The lowest BCUT2D eigenvalue weighted by atomic mass is 10.2. The summed E-state index contributed by atoms with van der Waals surface area (Å²) in [6.07, 6.45) is 4.75. The van der Waals surface area contributed by atoms with Crippen LogP contribution >= 0.6 is 11.3 Å². The molecule has 0 aliphatic heterocycles. The summed E-state index contributed by atoms with van der Waals surface area (Å²) in [6.45, 7) is 0.447. The quantitative estimate of drug-likeness (QED) is 0.549. The third kappa shape index (κ3) is 2.77. The number of aromatic nitrogens is 2. The monoisotopic (exact) mass is 249 g/mol. The van der Waals surface area contributed by atoms with E-state index in [1.54, 1.807) is 24.0 Å². The molecule has 0 bridgehead atoms. The first-order valence-corrected chi connectivity index (χ1v) is 5.75. The van der Waals surface area contributed by atoms with Gasteiger partial charge >= 0.3 is 0 Å². The maximum Gasteiger partial charge on any atom is 0.255 e. The molecular weight excluding hydrogens is 238 g/mol. The van der Waals surface area contributed by atoms with E-state index in [2.05, 4.69) is 20.7 Å². The largest absolute Gasteiger partial charge is 0.347 e. The fourth-order valence-electron chi connectivity index (χ4n) is 1.29. The molecule has 2 aromatic heterocycles. The number of rotatable bonds is 4. The summed E-state index contributed by atoms with van der Waals surface area (Å²) in [5.74, 6) is 5.09. The minimum Gasteiger partial charge on any atom is -0.347 e. The number of hydrazine groups is 1. The number of hydrogen-bond donors (Lipinski definition) is 3. The first-order chi connectivity index (χ1) is 8.31. The molecule has 4 N–H and O–H groups in total. The van der Waals surface area contributed by atoms with Crippen LogP contribution in [0.5, 0.6) is 0 Å². The third-order valence-electron chi connectivity index (χ3n) is 2.13. The molecule has 0 aliphatic rings. The van der Waals surface area contributed by atoms with E-state index in [9.17, 15) is 4.79 Å². The summed E-state index contributed by atoms with van der Waals surface area (Å²) < 4.78 is 0. The zero-order chi connectivity index (χ0) is 12.1. The molecule has 0 fully saturated rings. The van der Waals surface area contributed by atoms with Gasteiger partial charge in [-0.2, -0.15) is 0 Å². The molecule has 2 rings (SSSR count). The second-order valence-corrected chi connectivity index (χ2v) is 4.19. The van der Waals surface area contributed by atoms with Gasteiger partial charge in [-0.25, -0.2) is 0 Å². The fourth-order valence-corrected chi connectivity index (χ4v) is 1.83. The number of nitrogen functional groups attached to an aromatic ring is 1. The molecule has 0 saturated carbocycles. The normalized spacial score (nSPS) is 9.94. The number of carbonyl (C=O) groups is 1. The number of thiazole rings is 1. The number of nitrogens with zero attached hydrogens (tertiary/aromatic N) is 2. The number of amides is 1. The molecule has 0 aliphatic carbocycles. The number of nitrogens with one attached hydrogen (secondary N) is 2. The van der Waals surface area contributed by atoms with Crippen molar-refractivity contribution in [3.8, 4) is 0 Å². The van der Waals surface area contributed by atoms with Gasteiger partial charge in [0.15, 0.2) is 0 Å². The van der Waals surface area contributed by atoms with Crippen molar-refractivity contribution >= 4 is 22.9 Å². The van der Waals surface area contributed by atoms with E-state index in [0.29, 0.717) is 17.8 Å². The molecule has 0 unspecified atom stereocenters. The van der Waals surface area contributed by atoms with Crippen molar-refractivity contribution in [3.05, 3.63) is 40.6 Å². The molecule has 0 spiro atoms. The highest BCUT2D eigenvalue weighted by atomic mass is 32.1. The van der Waals surface area contributed by atoms with Crippen molar-refractivity contribution in [3.63, 3.8) is 0 Å². The molecule has 1 amide bonds. The van der Waals surface area contributed by atoms with Gasteiger partial charge in [0.1, 0.15) is 0 Å². The number of nitrogens with two attached hydrogens (primary N) is 1. The smallest absolute Gasteiger partial charge is 0.255 e. The molecule has 88 valence electrons. The third-order valence-corrected chi connectivity index (χ3v) is 2.91. The highest BCUT2D eigenvalue weighted by Crippen LogP contribution is 2.12. The molecule has 7 heteroatoms. The van der Waals surface area contributed by atoms with E-state index < -0.39 is 0 Å². The Hall–Kier alpha value is -1.99. The average Bonchev–Trinajstić information content (AvgIpc) is 2.89. The summed E-state index contributed by atoms with van der Waals surface area (Å²) >= 11 is 1.49. The summed E-state index contributed by atoms with van der Waals surface area (Å²) in [5, 5.41) is 2.77. The second-order valence-electron chi connectivity index (χ2n) is 3.22. The van der Waals surface area contributed by atoms with Crippen molar-refractivity contribution in [1.82, 2.24) is 15.3 Å². The van der Waals surface area contributed by atoms with E-state index >= 15 is 0 Å². The van der Waals surface area contributed by atoms with Gasteiger partial charge in [-0.15, -0.1) is 11.3 Å². The Labute approximate surface area is 102 Å². The lowest BCUT2D eigenvalue weighted by Gasteiger charge is -2.07. The predicted molar refractivity (Wildman–Crippen MR) is 65.3 cm³/mol. The maximum absolute atomic E-state index is 11.9. The van der Waals surface area contributed by atoms with Crippen LogP contribution < -0.4 is 16.6 Å². The second kappa shape index (κ2) is 5.37. The van der Waals surface area contributed by atoms with Gasteiger partial charge in [0.05, 0.1) is 23.3 Å². The molecular formula is C10H11N5OS. The van der Waals surface area contributed by atoms with Crippen LogP contribution in [-0.4, -0.2) is 15.9 Å². The molecule has 0 saturated heterocycles. The van der Waals surface area contributed by atoms with Crippen LogP contribution in [0.15, 0.2) is 30.2 Å². The highest BCUT2D eigenvalue weighted by molar-refractivity contribution is 7.09. The SMILES string of the molecule is NNc1ccncc1C(=O)NCc1cncs1. The van der Waals surface area contributed by atoms with E-state index in [0.717, 1.165) is 4.88 Å². The Morgan fingerprint density at radius 1 is 1.41 bits per heavy atom. The summed E-state index contributed by atoms with van der Waals surface area (Å²) in [7, 11) is 0. The van der Waals surface area contributed by atoms with Crippen molar-refractivity contribution in [2.24, 2.45) is 5.84 Å². The molecule has 17 heavy (non-hydrogen) atoms. The van der Waals surface area contributed by atoms with Gasteiger partial charge in [0, 0.05) is 23.5 Å². The predicted octanol–water partition coefficient (Wildman–Crippen LogP) is 0.754. The molecule has 6 nitrogen and oxygen atoms in total. The van der Waals surface area contributed by atoms with Crippen LogP contribution in [0.4, 0.5) is 5.69 Å². The zero-order valence-electron chi connectivity index (χ0n) is 8.88. The number of anilines is 1. The molecule has 0 atom stereocenters. The summed E-state index contributed by atoms with van der Waals surface area (Å²) in [6, 6.07) is 1.64. The van der Waals surface area contributed by atoms with Crippen LogP contribution in [0.25, 0.3) is 0 Å². The number of pyridine rings is 1. The van der Waals surface area contributed by atoms with E-state index in [1.807, 2.05) is 0 Å². The molecule has 0 radical (unpaired) electrons. The van der Waals surface area contributed by atoms with E-state index in [1.165, 1.54) is 17.5 Å². The minimum atomic E-state index is -0.223. The topological polar surface area (TPSA) is 92.9 Å². The molecule has 2 heterocycles. The highest BCUT2D eigenvalue weighted by Gasteiger charge is 2.10. The average molecular weight is 249 g/mol. The number of hydrogen-bond acceptors (Lipinski definition) is 6. The first kappa shape index (κ1) is 11.5. The van der Waals surface area contributed by atoms with Crippen molar-refractivity contribution in [2.75, 3.05) is 5.43 Å². The summed E-state index contributed by atoms with van der Waals surface area (Å²) in [4.78, 5) is 20.7. The zero-order valence-corrected chi connectivity index (χ0v) is 9.70. The van der Waals surface area contributed by atoms with Gasteiger partial charge in [-0.1, -0.05) is 0 Å². The van der Waals surface area contributed by atoms with Crippen LogP contribution in [0, 0.1) is 0 Å².